The molecule has 9 nitrogen and oxygen atoms in total. The monoisotopic (exact) mass is 481 g/mol. The number of anilines is 2. The molecule has 3 aromatic rings. The van der Waals surface area contributed by atoms with E-state index in [1.807, 2.05) is 24.0 Å². The lowest BCUT2D eigenvalue weighted by atomic mass is 10.1. The summed E-state index contributed by atoms with van der Waals surface area (Å²) in [5.41, 5.74) is 3.17. The fraction of sp³-hybridized carbons (Fsp3) is 0.292. The summed E-state index contributed by atoms with van der Waals surface area (Å²) in [4.78, 5) is 23.6. The average molecular weight is 482 g/mol. The second-order valence-electron chi connectivity index (χ2n) is 7.87. The quantitative estimate of drug-likeness (QED) is 0.556. The molecule has 1 aliphatic rings. The Hall–Kier alpha value is -3.50. The van der Waals surface area contributed by atoms with E-state index in [2.05, 4.69) is 10.6 Å². The fourth-order valence-electron chi connectivity index (χ4n) is 3.69. The van der Waals surface area contributed by atoms with Crippen LogP contribution in [-0.2, 0) is 14.6 Å². The molecule has 0 bridgehead atoms. The number of carbonyl (C=O) groups is 1. The normalized spacial score (nSPS) is 14.0. The van der Waals surface area contributed by atoms with Crippen LogP contribution in [0.2, 0.25) is 0 Å². The largest absolute Gasteiger partial charge is 0.378 e. The lowest BCUT2D eigenvalue weighted by molar-refractivity contribution is 0.122. The van der Waals surface area contributed by atoms with Crippen LogP contribution in [0, 0.1) is 0 Å². The molecule has 0 unspecified atom stereocenters. The maximum atomic E-state index is 12.4. The van der Waals surface area contributed by atoms with Gasteiger partial charge in [-0.15, -0.1) is 0 Å². The Balaban J connectivity index is 1.77. The summed E-state index contributed by atoms with van der Waals surface area (Å²) in [6.45, 7) is 4.82. The van der Waals surface area contributed by atoms with Crippen molar-refractivity contribution in [2.24, 2.45) is 0 Å². The summed E-state index contributed by atoms with van der Waals surface area (Å²) in [6.07, 6.45) is 1.19. The molecule has 0 saturated carbocycles. The van der Waals surface area contributed by atoms with Gasteiger partial charge in [-0.05, 0) is 31.2 Å². The molecule has 2 heterocycles. The van der Waals surface area contributed by atoms with Crippen LogP contribution in [0.15, 0.2) is 59.5 Å². The smallest absolute Gasteiger partial charge is 0.319 e. The van der Waals surface area contributed by atoms with Gasteiger partial charge >= 0.3 is 6.03 Å². The van der Waals surface area contributed by atoms with Crippen LogP contribution >= 0.6 is 0 Å². The zero-order chi connectivity index (χ0) is 24.1. The Morgan fingerprint density at radius 1 is 1.03 bits per heavy atom. The van der Waals surface area contributed by atoms with E-state index in [4.69, 9.17) is 14.7 Å². The van der Waals surface area contributed by atoms with Crippen LogP contribution in [0.1, 0.15) is 6.92 Å². The van der Waals surface area contributed by atoms with Crippen LogP contribution < -0.4 is 15.5 Å². The number of aromatic nitrogens is 2. The molecule has 0 atom stereocenters. The predicted octanol–water partition coefficient (Wildman–Crippen LogP) is 3.19. The van der Waals surface area contributed by atoms with Crippen LogP contribution in [0.4, 0.5) is 16.4 Å². The average Bonchev–Trinajstić information content (AvgIpc) is 2.84. The highest BCUT2D eigenvalue weighted by Crippen LogP contribution is 2.31. The van der Waals surface area contributed by atoms with E-state index in [1.165, 1.54) is 6.26 Å². The summed E-state index contributed by atoms with van der Waals surface area (Å²) < 4.78 is 30.3. The van der Waals surface area contributed by atoms with E-state index in [9.17, 15) is 13.2 Å². The van der Waals surface area contributed by atoms with E-state index >= 15 is 0 Å². The number of nitrogens with one attached hydrogen (secondary N) is 2. The van der Waals surface area contributed by atoms with Gasteiger partial charge in [-0.3, -0.25) is 0 Å². The molecular weight excluding hydrogens is 454 g/mol. The first kappa shape index (κ1) is 23.7. The van der Waals surface area contributed by atoms with E-state index in [0.717, 1.165) is 5.56 Å². The standard InChI is InChI=1S/C24H27N5O4S/c1-3-25-24(30)26-18-10-8-17(9-11-18)20-16-21(19-6-4-5-7-22(19)34(2,31)32)28-23(27-20)29-12-14-33-15-13-29/h4-11,16H,3,12-15H2,1-2H3,(H2,25,26,30). The van der Waals surface area contributed by atoms with Gasteiger partial charge < -0.3 is 20.3 Å². The number of morpholine rings is 1. The zero-order valence-corrected chi connectivity index (χ0v) is 19.9. The number of ether oxygens (including phenoxy) is 1. The molecule has 4 rings (SSSR count). The SMILES string of the molecule is CCNC(=O)Nc1ccc(-c2cc(-c3ccccc3S(C)(=O)=O)nc(N3CCOCC3)n2)cc1. The van der Waals surface area contributed by atoms with Crippen molar-refractivity contribution in [1.82, 2.24) is 15.3 Å². The number of urea groups is 1. The Morgan fingerprint density at radius 2 is 1.71 bits per heavy atom. The summed E-state index contributed by atoms with van der Waals surface area (Å²) >= 11 is 0. The molecule has 2 aromatic carbocycles. The van der Waals surface area contributed by atoms with Crippen molar-refractivity contribution < 1.29 is 17.9 Å². The number of amides is 2. The molecule has 0 aliphatic carbocycles. The molecule has 1 aromatic heterocycles. The van der Waals surface area contributed by atoms with Crippen molar-refractivity contribution in [3.05, 3.63) is 54.6 Å². The molecule has 10 heteroatoms. The minimum Gasteiger partial charge on any atom is -0.378 e. The van der Waals surface area contributed by atoms with Gasteiger partial charge in [0, 0.05) is 42.7 Å². The summed E-state index contributed by atoms with van der Waals surface area (Å²) in [5.74, 6) is 0.517. The molecule has 1 saturated heterocycles. The molecular formula is C24H27N5O4S. The minimum atomic E-state index is -3.46. The van der Waals surface area contributed by atoms with E-state index in [1.54, 1.807) is 42.5 Å². The Labute approximate surface area is 199 Å². The van der Waals surface area contributed by atoms with Crippen molar-refractivity contribution in [3.63, 3.8) is 0 Å². The second-order valence-corrected chi connectivity index (χ2v) is 9.85. The van der Waals surface area contributed by atoms with Crippen LogP contribution in [0.25, 0.3) is 22.5 Å². The van der Waals surface area contributed by atoms with Crippen molar-refractivity contribution >= 4 is 27.5 Å². The number of sulfone groups is 1. The molecule has 34 heavy (non-hydrogen) atoms. The molecule has 1 fully saturated rings. The van der Waals surface area contributed by atoms with E-state index < -0.39 is 9.84 Å². The van der Waals surface area contributed by atoms with Gasteiger partial charge in [0.05, 0.1) is 29.5 Å². The Morgan fingerprint density at radius 3 is 2.38 bits per heavy atom. The third-order valence-electron chi connectivity index (χ3n) is 5.35. The lowest BCUT2D eigenvalue weighted by Crippen LogP contribution is -2.37. The van der Waals surface area contributed by atoms with Gasteiger partial charge in [0.1, 0.15) is 0 Å². The fourth-order valence-corrected chi connectivity index (χ4v) is 4.58. The topological polar surface area (TPSA) is 114 Å². The molecule has 178 valence electrons. The van der Waals surface area contributed by atoms with Crippen molar-refractivity contribution in [1.29, 1.82) is 0 Å². The number of hydrogen-bond acceptors (Lipinski definition) is 7. The first-order chi connectivity index (χ1) is 16.3. The number of nitrogens with zero attached hydrogens (tertiary/aromatic N) is 3. The highest BCUT2D eigenvalue weighted by molar-refractivity contribution is 7.90. The molecule has 2 N–H and O–H groups in total. The van der Waals surface area contributed by atoms with Crippen LogP contribution in [0.5, 0.6) is 0 Å². The zero-order valence-electron chi connectivity index (χ0n) is 19.1. The van der Waals surface area contributed by atoms with Gasteiger partial charge in [-0.25, -0.2) is 23.2 Å². The Bertz CT molecular complexity index is 1270. The lowest BCUT2D eigenvalue weighted by Gasteiger charge is -2.27. The summed E-state index contributed by atoms with van der Waals surface area (Å²) in [6, 6.07) is 15.7. The van der Waals surface area contributed by atoms with Gasteiger partial charge in [-0.1, -0.05) is 30.3 Å². The number of carbonyl (C=O) groups excluding carboxylic acids is 1. The molecule has 0 radical (unpaired) electrons. The van der Waals surface area contributed by atoms with Gasteiger partial charge in [0.2, 0.25) is 5.95 Å². The van der Waals surface area contributed by atoms with Crippen molar-refractivity contribution in [2.75, 3.05) is 49.3 Å². The third-order valence-corrected chi connectivity index (χ3v) is 6.50. The van der Waals surface area contributed by atoms with Crippen LogP contribution in [0.3, 0.4) is 0 Å². The summed E-state index contributed by atoms with van der Waals surface area (Å²) in [5, 5.41) is 5.47. The molecule has 1 aliphatic heterocycles. The highest BCUT2D eigenvalue weighted by atomic mass is 32.2. The van der Waals surface area contributed by atoms with Crippen molar-refractivity contribution in [2.45, 2.75) is 11.8 Å². The highest BCUT2D eigenvalue weighted by Gasteiger charge is 2.20. The third kappa shape index (κ3) is 5.52. The summed E-state index contributed by atoms with van der Waals surface area (Å²) in [7, 11) is -3.46. The first-order valence-electron chi connectivity index (χ1n) is 11.0. The molecule has 0 spiro atoms. The number of benzene rings is 2. The van der Waals surface area contributed by atoms with Crippen LogP contribution in [-0.4, -0.2) is 63.5 Å². The van der Waals surface area contributed by atoms with Gasteiger partial charge in [0.25, 0.3) is 0 Å². The number of rotatable bonds is 6. The van der Waals surface area contributed by atoms with Crippen molar-refractivity contribution in [3.8, 4) is 22.5 Å². The van der Waals surface area contributed by atoms with E-state index in [0.29, 0.717) is 61.4 Å². The predicted molar refractivity (Wildman–Crippen MR) is 132 cm³/mol. The maximum absolute atomic E-state index is 12.4. The second kappa shape index (κ2) is 10.2. The number of hydrogen-bond donors (Lipinski definition) is 2. The molecule has 2 amide bonds. The minimum absolute atomic E-state index is 0.217. The first-order valence-corrected chi connectivity index (χ1v) is 12.9. The van der Waals surface area contributed by atoms with Gasteiger partial charge in [0.15, 0.2) is 9.84 Å². The van der Waals surface area contributed by atoms with E-state index in [-0.39, 0.29) is 10.9 Å². The van der Waals surface area contributed by atoms with Gasteiger partial charge in [-0.2, -0.15) is 0 Å². The maximum Gasteiger partial charge on any atom is 0.319 e. The Kier molecular flexibility index (Phi) is 7.09.